The van der Waals surface area contributed by atoms with Gasteiger partial charge in [0, 0.05) is 17.5 Å². The Labute approximate surface area is 146 Å². The lowest BCUT2D eigenvalue weighted by atomic mass is 9.90. The second-order valence-corrected chi connectivity index (χ2v) is 7.33. The van der Waals surface area contributed by atoms with Gasteiger partial charge in [0.05, 0.1) is 23.6 Å². The highest BCUT2D eigenvalue weighted by molar-refractivity contribution is 7.10. The van der Waals surface area contributed by atoms with E-state index in [4.69, 9.17) is 10.5 Å². The van der Waals surface area contributed by atoms with Gasteiger partial charge in [-0.1, -0.05) is 0 Å². The summed E-state index contributed by atoms with van der Waals surface area (Å²) in [6.07, 6.45) is 1.58. The first-order chi connectivity index (χ1) is 12.0. The van der Waals surface area contributed by atoms with Gasteiger partial charge in [-0.3, -0.25) is 14.3 Å². The summed E-state index contributed by atoms with van der Waals surface area (Å²) >= 11 is 1.46. The standard InChI is InChI=1S/C17H18FN3O3S/c1-24-15-13(8-4-10(6-19)25-7-8)12(18)5-11-14(15)21(9-2-3-9)17(23)20-16(11)22/h4-5,7,9,12-13H,2-3,6,19H2,1H3,(H,20,22,23). The zero-order valence-corrected chi connectivity index (χ0v) is 14.4. The fourth-order valence-electron chi connectivity index (χ4n) is 3.42. The summed E-state index contributed by atoms with van der Waals surface area (Å²) in [5.74, 6) is -0.373. The number of nitrogens with one attached hydrogen (secondary N) is 1. The molecule has 2 aliphatic carbocycles. The van der Waals surface area contributed by atoms with Crippen molar-refractivity contribution in [2.75, 3.05) is 7.11 Å². The molecule has 1 saturated carbocycles. The number of aromatic amines is 1. The molecule has 0 aromatic carbocycles. The van der Waals surface area contributed by atoms with Crippen LogP contribution in [0.5, 0.6) is 0 Å². The van der Waals surface area contributed by atoms with Crippen LogP contribution in [0, 0.1) is 0 Å². The van der Waals surface area contributed by atoms with Crippen molar-refractivity contribution in [3.05, 3.63) is 53.3 Å². The topological polar surface area (TPSA) is 90.1 Å². The van der Waals surface area contributed by atoms with Gasteiger partial charge in [-0.05, 0) is 35.9 Å². The molecule has 0 amide bonds. The monoisotopic (exact) mass is 363 g/mol. The van der Waals surface area contributed by atoms with Gasteiger partial charge in [0.1, 0.15) is 11.9 Å². The van der Waals surface area contributed by atoms with Crippen molar-refractivity contribution in [3.8, 4) is 0 Å². The first-order valence-corrected chi connectivity index (χ1v) is 8.99. The van der Waals surface area contributed by atoms with Crippen molar-refractivity contribution in [1.82, 2.24) is 9.55 Å². The molecule has 6 nitrogen and oxygen atoms in total. The number of thiophene rings is 1. The fourth-order valence-corrected chi connectivity index (χ4v) is 4.23. The third-order valence-corrected chi connectivity index (χ3v) is 5.68. The first-order valence-electron chi connectivity index (χ1n) is 8.11. The minimum Gasteiger partial charge on any atom is -0.498 e. The normalized spacial score (nSPS) is 22.4. The fraction of sp³-hybridized carbons (Fsp3) is 0.412. The minimum atomic E-state index is -1.42. The van der Waals surface area contributed by atoms with Crippen LogP contribution in [-0.4, -0.2) is 22.8 Å². The third-order valence-electron chi connectivity index (χ3n) is 4.71. The molecule has 0 bridgehead atoms. The van der Waals surface area contributed by atoms with Gasteiger partial charge in [-0.2, -0.15) is 0 Å². The smallest absolute Gasteiger partial charge is 0.329 e. The minimum absolute atomic E-state index is 0.0236. The Balaban J connectivity index is 2.07. The number of ether oxygens (including phenoxy) is 1. The van der Waals surface area contributed by atoms with E-state index in [9.17, 15) is 14.0 Å². The SMILES string of the molecule is COC1=c2c(c(=O)[nH]c(=O)n2C2CC2)=CC(F)C1c1csc(CN)c1. The number of fused-ring (bicyclic) bond motifs is 1. The van der Waals surface area contributed by atoms with E-state index in [1.807, 2.05) is 11.4 Å². The molecule has 2 heterocycles. The average Bonchev–Trinajstić information content (AvgIpc) is 3.31. The summed E-state index contributed by atoms with van der Waals surface area (Å²) in [6, 6.07) is 1.88. The van der Waals surface area contributed by atoms with Gasteiger partial charge in [-0.25, -0.2) is 9.18 Å². The number of hydrogen-bond donors (Lipinski definition) is 2. The molecule has 0 radical (unpaired) electrons. The molecule has 0 spiro atoms. The van der Waals surface area contributed by atoms with E-state index in [2.05, 4.69) is 4.98 Å². The Kier molecular flexibility index (Phi) is 3.88. The number of rotatable bonds is 4. The van der Waals surface area contributed by atoms with Crippen LogP contribution in [0.4, 0.5) is 4.39 Å². The molecule has 3 N–H and O–H groups in total. The Morgan fingerprint density at radius 1 is 1.44 bits per heavy atom. The maximum atomic E-state index is 15.0. The number of aromatic nitrogens is 2. The summed E-state index contributed by atoms with van der Waals surface area (Å²) in [5, 5.41) is 2.42. The van der Waals surface area contributed by atoms with Crippen molar-refractivity contribution in [3.63, 3.8) is 0 Å². The molecular formula is C17H18FN3O3S. The summed E-state index contributed by atoms with van der Waals surface area (Å²) in [6.45, 7) is 0.378. The molecule has 2 atom stereocenters. The van der Waals surface area contributed by atoms with Gasteiger partial charge < -0.3 is 10.5 Å². The van der Waals surface area contributed by atoms with Crippen LogP contribution in [0.2, 0.25) is 0 Å². The van der Waals surface area contributed by atoms with Crippen molar-refractivity contribution in [1.29, 1.82) is 0 Å². The van der Waals surface area contributed by atoms with Crippen LogP contribution in [0.25, 0.3) is 11.8 Å². The molecule has 0 aliphatic heterocycles. The first kappa shape index (κ1) is 16.3. The Hall–Kier alpha value is -2.19. The van der Waals surface area contributed by atoms with Crippen molar-refractivity contribution >= 4 is 23.2 Å². The second-order valence-electron chi connectivity index (χ2n) is 6.33. The largest absolute Gasteiger partial charge is 0.498 e. The van der Waals surface area contributed by atoms with Crippen molar-refractivity contribution in [2.24, 2.45) is 5.73 Å². The van der Waals surface area contributed by atoms with Gasteiger partial charge in [-0.15, -0.1) is 11.3 Å². The zero-order valence-electron chi connectivity index (χ0n) is 13.6. The Bertz CT molecular complexity index is 1060. The number of halogens is 1. The highest BCUT2D eigenvalue weighted by Crippen LogP contribution is 2.36. The summed E-state index contributed by atoms with van der Waals surface area (Å²) < 4.78 is 22.1. The number of alkyl halides is 1. The quantitative estimate of drug-likeness (QED) is 0.804. The van der Waals surface area contributed by atoms with Crippen LogP contribution in [0.3, 0.4) is 0 Å². The molecule has 2 unspecified atom stereocenters. The van der Waals surface area contributed by atoms with Crippen molar-refractivity contribution < 1.29 is 9.13 Å². The van der Waals surface area contributed by atoms with Gasteiger partial charge in [0.2, 0.25) is 0 Å². The molecule has 8 heteroatoms. The lowest BCUT2D eigenvalue weighted by Crippen LogP contribution is -2.57. The van der Waals surface area contributed by atoms with Gasteiger partial charge >= 0.3 is 5.69 Å². The van der Waals surface area contributed by atoms with Crippen LogP contribution in [0.1, 0.15) is 35.2 Å². The van der Waals surface area contributed by atoms with Crippen LogP contribution in [0.15, 0.2) is 21.0 Å². The number of nitrogens with two attached hydrogens (primary N) is 1. The van der Waals surface area contributed by atoms with E-state index in [-0.39, 0.29) is 11.3 Å². The van der Waals surface area contributed by atoms with Crippen LogP contribution < -0.4 is 27.6 Å². The van der Waals surface area contributed by atoms with Crippen LogP contribution >= 0.6 is 11.3 Å². The van der Waals surface area contributed by atoms with E-state index in [1.165, 1.54) is 24.5 Å². The summed E-state index contributed by atoms with van der Waals surface area (Å²) in [7, 11) is 1.45. The molecule has 1 fully saturated rings. The maximum absolute atomic E-state index is 15.0. The predicted molar refractivity (Wildman–Crippen MR) is 93.6 cm³/mol. The average molecular weight is 363 g/mol. The van der Waals surface area contributed by atoms with E-state index >= 15 is 0 Å². The molecule has 132 valence electrons. The number of H-pyrrole nitrogens is 1. The molecule has 2 aromatic heterocycles. The third kappa shape index (κ3) is 2.56. The Morgan fingerprint density at radius 3 is 2.80 bits per heavy atom. The molecule has 2 aromatic rings. The lowest BCUT2D eigenvalue weighted by Gasteiger charge is -2.25. The molecule has 0 saturated heterocycles. The maximum Gasteiger partial charge on any atom is 0.329 e. The molecular weight excluding hydrogens is 345 g/mol. The highest BCUT2D eigenvalue weighted by Gasteiger charge is 2.35. The lowest BCUT2D eigenvalue weighted by molar-refractivity contribution is 0.290. The van der Waals surface area contributed by atoms with E-state index in [0.717, 1.165) is 23.3 Å². The number of methoxy groups -OCH3 is 1. The van der Waals surface area contributed by atoms with E-state index in [1.54, 1.807) is 4.57 Å². The molecule has 25 heavy (non-hydrogen) atoms. The van der Waals surface area contributed by atoms with E-state index < -0.39 is 23.3 Å². The Morgan fingerprint density at radius 2 is 2.20 bits per heavy atom. The predicted octanol–water partition coefficient (Wildman–Crippen LogP) is 0.0623. The number of hydrogen-bond acceptors (Lipinski definition) is 5. The van der Waals surface area contributed by atoms with Gasteiger partial charge in [0.25, 0.3) is 5.56 Å². The summed E-state index contributed by atoms with van der Waals surface area (Å²) in [5.41, 5.74) is 5.35. The van der Waals surface area contributed by atoms with E-state index in [0.29, 0.717) is 17.7 Å². The molecule has 4 rings (SSSR count). The zero-order chi connectivity index (χ0) is 17.7. The molecule has 2 aliphatic rings. The van der Waals surface area contributed by atoms with Gasteiger partial charge in [0.15, 0.2) is 0 Å². The number of nitrogens with zero attached hydrogens (tertiary/aromatic N) is 1. The summed E-state index contributed by atoms with van der Waals surface area (Å²) in [4.78, 5) is 27.8. The van der Waals surface area contributed by atoms with Crippen molar-refractivity contribution in [2.45, 2.75) is 37.5 Å². The van der Waals surface area contributed by atoms with Crippen LogP contribution in [-0.2, 0) is 11.3 Å². The highest BCUT2D eigenvalue weighted by atomic mass is 32.1. The second kappa shape index (κ2) is 5.96.